The Kier molecular flexibility index (Phi) is 20.1. The third-order valence-electron chi connectivity index (χ3n) is 6.74. The van der Waals surface area contributed by atoms with Gasteiger partial charge in [-0.05, 0) is 63.7 Å². The molecule has 5 N–H and O–H groups in total. The molecular formula is C30H52O9. The molecule has 9 nitrogen and oxygen atoms in total. The van der Waals surface area contributed by atoms with Gasteiger partial charge in [-0.1, -0.05) is 56.2 Å². The van der Waals surface area contributed by atoms with E-state index in [4.69, 9.17) is 14.6 Å². The summed E-state index contributed by atoms with van der Waals surface area (Å²) in [7, 11) is 1.38. The predicted octanol–water partition coefficient (Wildman–Crippen LogP) is 3.32. The summed E-state index contributed by atoms with van der Waals surface area (Å²) < 4.78 is 15.8. The van der Waals surface area contributed by atoms with E-state index >= 15 is 0 Å². The van der Waals surface area contributed by atoms with Gasteiger partial charge in [0.25, 0.3) is 0 Å². The van der Waals surface area contributed by atoms with Gasteiger partial charge in [0.2, 0.25) is 0 Å². The molecule has 1 rings (SSSR count). The second-order valence-electron chi connectivity index (χ2n) is 10.2. The van der Waals surface area contributed by atoms with Crippen LogP contribution >= 0.6 is 0 Å². The van der Waals surface area contributed by atoms with Crippen molar-refractivity contribution < 1.29 is 44.5 Å². The second-order valence-corrected chi connectivity index (χ2v) is 10.2. The minimum Gasteiger partial charge on any atom is -0.469 e. The highest BCUT2D eigenvalue weighted by Crippen LogP contribution is 2.28. The maximum atomic E-state index is 11.3. The van der Waals surface area contributed by atoms with Crippen molar-refractivity contribution >= 4 is 5.97 Å². The zero-order valence-electron chi connectivity index (χ0n) is 23.8. The van der Waals surface area contributed by atoms with Crippen LogP contribution in [0.2, 0.25) is 0 Å². The molecule has 0 bridgehead atoms. The van der Waals surface area contributed by atoms with E-state index in [1.54, 1.807) is 0 Å². The Morgan fingerprint density at radius 2 is 1.56 bits per heavy atom. The summed E-state index contributed by atoms with van der Waals surface area (Å²) in [5.74, 6) is -0.232. The largest absolute Gasteiger partial charge is 0.469 e. The summed E-state index contributed by atoms with van der Waals surface area (Å²) in [5, 5.41) is 49.8. The number of carbonyl (C=O) groups is 1. The maximum absolute atomic E-state index is 11.3. The van der Waals surface area contributed by atoms with Gasteiger partial charge in [-0.2, -0.15) is 0 Å². The van der Waals surface area contributed by atoms with Crippen LogP contribution < -0.4 is 0 Å². The van der Waals surface area contributed by atoms with Gasteiger partial charge in [0.15, 0.2) is 6.29 Å². The van der Waals surface area contributed by atoms with E-state index < -0.39 is 43.4 Å². The van der Waals surface area contributed by atoms with E-state index in [9.17, 15) is 25.2 Å². The first-order valence-corrected chi connectivity index (χ1v) is 14.5. The molecule has 0 spiro atoms. The van der Waals surface area contributed by atoms with Gasteiger partial charge in [-0.25, -0.2) is 0 Å². The van der Waals surface area contributed by atoms with Crippen molar-refractivity contribution in [2.45, 2.75) is 121 Å². The number of methoxy groups -OCH3 is 1. The summed E-state index contributed by atoms with van der Waals surface area (Å²) in [6, 6.07) is 0. The van der Waals surface area contributed by atoms with Crippen molar-refractivity contribution in [2.24, 2.45) is 5.92 Å². The van der Waals surface area contributed by atoms with Crippen molar-refractivity contribution in [3.8, 4) is 0 Å². The molecule has 0 unspecified atom stereocenters. The fourth-order valence-electron chi connectivity index (χ4n) is 4.30. The SMILES string of the molecule is CCCCC/C=C\CCC/C=C/[C@@H](C/C=C\CCCC(=O)OC)C[C@H]1O[C@@H](OC[C@H](O)CO)[C@H](O)[C@@H](O)[C@H]1O. The lowest BCUT2D eigenvalue weighted by atomic mass is 9.89. The van der Waals surface area contributed by atoms with Gasteiger partial charge < -0.3 is 39.7 Å². The molecule has 9 heteroatoms. The predicted molar refractivity (Wildman–Crippen MR) is 150 cm³/mol. The molecule has 1 heterocycles. The number of unbranched alkanes of at least 4 members (excludes halogenated alkanes) is 6. The number of allylic oxidation sites excluding steroid dienone is 6. The highest BCUT2D eigenvalue weighted by molar-refractivity contribution is 5.69. The molecule has 7 atom stereocenters. The summed E-state index contributed by atoms with van der Waals surface area (Å²) >= 11 is 0. The molecule has 0 aliphatic carbocycles. The second kappa shape index (κ2) is 22.1. The number of esters is 1. The van der Waals surface area contributed by atoms with E-state index in [-0.39, 0.29) is 18.5 Å². The quantitative estimate of drug-likeness (QED) is 0.0816. The Balaban J connectivity index is 2.71. The van der Waals surface area contributed by atoms with Gasteiger partial charge in [0.05, 0.1) is 26.4 Å². The molecular weight excluding hydrogens is 504 g/mol. The Labute approximate surface area is 234 Å². The number of rotatable bonds is 21. The molecule has 1 saturated heterocycles. The van der Waals surface area contributed by atoms with E-state index in [1.807, 2.05) is 12.2 Å². The molecule has 0 aromatic carbocycles. The zero-order valence-corrected chi connectivity index (χ0v) is 23.8. The number of hydrogen-bond acceptors (Lipinski definition) is 9. The molecule has 1 aliphatic heterocycles. The normalized spacial score (nSPS) is 25.6. The molecule has 226 valence electrons. The number of aliphatic hydroxyl groups excluding tert-OH is 5. The van der Waals surface area contributed by atoms with E-state index in [1.165, 1.54) is 26.4 Å². The average Bonchev–Trinajstić information content (AvgIpc) is 2.94. The molecule has 0 amide bonds. The molecule has 0 saturated carbocycles. The fraction of sp³-hybridized carbons (Fsp3) is 0.767. The third kappa shape index (κ3) is 15.7. The fourth-order valence-corrected chi connectivity index (χ4v) is 4.30. The first-order valence-electron chi connectivity index (χ1n) is 14.5. The van der Waals surface area contributed by atoms with Gasteiger partial charge in [0, 0.05) is 6.42 Å². The Morgan fingerprint density at radius 1 is 0.897 bits per heavy atom. The number of aliphatic hydroxyl groups is 5. The number of hydrogen-bond donors (Lipinski definition) is 5. The van der Waals surface area contributed by atoms with E-state index in [2.05, 4.69) is 36.0 Å². The van der Waals surface area contributed by atoms with Crippen LogP contribution in [-0.4, -0.2) is 88.6 Å². The average molecular weight is 557 g/mol. The van der Waals surface area contributed by atoms with Gasteiger partial charge >= 0.3 is 5.97 Å². The topological polar surface area (TPSA) is 146 Å². The summed E-state index contributed by atoms with van der Waals surface area (Å²) in [4.78, 5) is 11.3. The van der Waals surface area contributed by atoms with E-state index in [0.29, 0.717) is 25.7 Å². The lowest BCUT2D eigenvalue weighted by Crippen LogP contribution is -2.58. The highest BCUT2D eigenvalue weighted by Gasteiger charge is 2.44. The molecule has 1 fully saturated rings. The molecule has 39 heavy (non-hydrogen) atoms. The van der Waals surface area contributed by atoms with Crippen LogP contribution in [0, 0.1) is 5.92 Å². The highest BCUT2D eigenvalue weighted by atomic mass is 16.7. The number of carbonyl (C=O) groups excluding carboxylic acids is 1. The Morgan fingerprint density at radius 3 is 2.26 bits per heavy atom. The smallest absolute Gasteiger partial charge is 0.305 e. The van der Waals surface area contributed by atoms with Crippen LogP contribution in [0.15, 0.2) is 36.5 Å². The van der Waals surface area contributed by atoms with Crippen molar-refractivity contribution in [1.82, 2.24) is 0 Å². The van der Waals surface area contributed by atoms with Crippen LogP contribution in [0.25, 0.3) is 0 Å². The standard InChI is InChI=1S/C30H52O9/c1-3-4-5-6-7-8-9-10-11-14-17-23(18-15-12-13-16-19-26(33)37-2)20-25-27(34)28(35)29(36)30(39-25)38-22-24(32)21-31/h7-8,12,14-15,17,23-25,27-32,34-36H,3-6,9-11,13,16,18-22H2,1-2H3/b8-7-,15-12-,17-14+/t23-,24+,25+,27-,28-,29+,30+/m0/s1. The zero-order chi connectivity index (χ0) is 28.9. The maximum Gasteiger partial charge on any atom is 0.305 e. The Bertz CT molecular complexity index is 709. The van der Waals surface area contributed by atoms with Crippen LogP contribution in [0.3, 0.4) is 0 Å². The molecule has 0 radical (unpaired) electrons. The van der Waals surface area contributed by atoms with Gasteiger partial charge in [0.1, 0.15) is 24.4 Å². The van der Waals surface area contributed by atoms with Crippen molar-refractivity contribution in [2.75, 3.05) is 20.3 Å². The van der Waals surface area contributed by atoms with Crippen LogP contribution in [0.1, 0.15) is 84.0 Å². The van der Waals surface area contributed by atoms with Crippen LogP contribution in [0.5, 0.6) is 0 Å². The first-order chi connectivity index (χ1) is 18.8. The van der Waals surface area contributed by atoms with E-state index in [0.717, 1.165) is 32.1 Å². The van der Waals surface area contributed by atoms with Gasteiger partial charge in [-0.3, -0.25) is 4.79 Å². The third-order valence-corrected chi connectivity index (χ3v) is 6.74. The minimum atomic E-state index is -1.49. The van der Waals surface area contributed by atoms with Crippen molar-refractivity contribution in [1.29, 1.82) is 0 Å². The summed E-state index contributed by atoms with van der Waals surface area (Å²) in [5.41, 5.74) is 0. The van der Waals surface area contributed by atoms with Crippen LogP contribution in [-0.2, 0) is 19.0 Å². The monoisotopic (exact) mass is 556 g/mol. The van der Waals surface area contributed by atoms with Crippen molar-refractivity contribution in [3.63, 3.8) is 0 Å². The number of ether oxygens (including phenoxy) is 3. The molecule has 0 aromatic rings. The van der Waals surface area contributed by atoms with Gasteiger partial charge in [-0.15, -0.1) is 0 Å². The minimum absolute atomic E-state index is 0.00258. The lowest BCUT2D eigenvalue weighted by Gasteiger charge is -2.41. The molecule has 0 aromatic heterocycles. The van der Waals surface area contributed by atoms with Crippen molar-refractivity contribution in [3.05, 3.63) is 36.5 Å². The summed E-state index contributed by atoms with van der Waals surface area (Å²) in [6.45, 7) is 1.41. The summed E-state index contributed by atoms with van der Waals surface area (Å²) in [6.07, 6.45) is 16.0. The molecule has 1 aliphatic rings. The lowest BCUT2D eigenvalue weighted by molar-refractivity contribution is -0.302. The van der Waals surface area contributed by atoms with Crippen LogP contribution in [0.4, 0.5) is 0 Å². The first kappa shape index (κ1) is 35.4. The Hall–Kier alpha value is -1.59.